The lowest BCUT2D eigenvalue weighted by atomic mass is 9.68. The molecule has 0 fully saturated rings. The maximum atomic E-state index is 6.81. The summed E-state index contributed by atoms with van der Waals surface area (Å²) >= 11 is 0. The van der Waals surface area contributed by atoms with Gasteiger partial charge >= 0.3 is 0 Å². The summed E-state index contributed by atoms with van der Waals surface area (Å²) in [5, 5.41) is 6.95. The van der Waals surface area contributed by atoms with Crippen LogP contribution in [-0.4, -0.2) is 0 Å². The highest BCUT2D eigenvalue weighted by Gasteiger charge is 2.47. The number of benzene rings is 10. The van der Waals surface area contributed by atoms with E-state index in [4.69, 9.17) is 4.42 Å². The third-order valence-corrected chi connectivity index (χ3v) is 12.5. The summed E-state index contributed by atoms with van der Waals surface area (Å²) in [6.07, 6.45) is 0. The lowest BCUT2D eigenvalue weighted by molar-refractivity contribution is 0.672. The van der Waals surface area contributed by atoms with E-state index >= 15 is 0 Å². The van der Waals surface area contributed by atoms with Crippen molar-refractivity contribution in [3.8, 4) is 22.3 Å². The highest BCUT2D eigenvalue weighted by atomic mass is 16.3. The van der Waals surface area contributed by atoms with Crippen LogP contribution in [0.2, 0.25) is 0 Å². The van der Waals surface area contributed by atoms with Crippen molar-refractivity contribution in [3.63, 3.8) is 0 Å². The van der Waals surface area contributed by atoms with Gasteiger partial charge in [0.25, 0.3) is 0 Å². The van der Waals surface area contributed by atoms with Crippen LogP contribution in [0.3, 0.4) is 0 Å². The van der Waals surface area contributed by atoms with Gasteiger partial charge in [-0.15, -0.1) is 0 Å². The first-order chi connectivity index (χ1) is 29.3. The molecule has 0 atom stereocenters. The van der Waals surface area contributed by atoms with E-state index in [9.17, 15) is 0 Å². The average Bonchev–Trinajstić information content (AvgIpc) is 3.85. The summed E-state index contributed by atoms with van der Waals surface area (Å²) in [5.74, 6) is 0. The molecule has 1 aromatic heterocycles. The van der Waals surface area contributed by atoms with E-state index in [1.54, 1.807) is 0 Å². The fourth-order valence-corrected chi connectivity index (χ4v) is 9.96. The molecule has 1 heterocycles. The molecule has 276 valence electrons. The van der Waals surface area contributed by atoms with E-state index in [-0.39, 0.29) is 0 Å². The van der Waals surface area contributed by atoms with Gasteiger partial charge < -0.3 is 9.32 Å². The van der Waals surface area contributed by atoms with Crippen LogP contribution in [0.25, 0.3) is 65.7 Å². The first-order valence-corrected chi connectivity index (χ1v) is 20.3. The predicted octanol–water partition coefficient (Wildman–Crippen LogP) is 15.4. The van der Waals surface area contributed by atoms with Crippen LogP contribution in [0.15, 0.2) is 229 Å². The van der Waals surface area contributed by atoms with Gasteiger partial charge in [0.15, 0.2) is 0 Å². The van der Waals surface area contributed by atoms with Gasteiger partial charge in [-0.25, -0.2) is 0 Å². The van der Waals surface area contributed by atoms with E-state index < -0.39 is 5.41 Å². The molecular weight excluding hydrogens is 715 g/mol. The molecule has 0 saturated carbocycles. The van der Waals surface area contributed by atoms with Gasteiger partial charge in [-0.1, -0.05) is 182 Å². The number of furan rings is 1. The standard InChI is InChI=1S/C57H37NO/c1-3-18-43(19-4-1)57(44-20-5-2-6-21-44)49-24-12-11-23-47(49)54-50(57)25-13-26-51(54)58(45-34-31-39(32-35-45)42-30-29-38-15-7-8-17-41(38)37-42)52-27-14-28-53-55(52)48-36-33-40-16-9-10-22-46(40)56(48)59-53/h1-37H. The number of rotatable bonds is 6. The minimum Gasteiger partial charge on any atom is -0.455 e. The summed E-state index contributed by atoms with van der Waals surface area (Å²) in [5.41, 5.74) is 14.4. The van der Waals surface area contributed by atoms with Gasteiger partial charge in [0.2, 0.25) is 0 Å². The van der Waals surface area contributed by atoms with Gasteiger partial charge in [0, 0.05) is 22.0 Å². The monoisotopic (exact) mass is 751 g/mol. The summed E-state index contributed by atoms with van der Waals surface area (Å²) in [6, 6.07) is 81.8. The van der Waals surface area contributed by atoms with Crippen LogP contribution in [0, 0.1) is 0 Å². The van der Waals surface area contributed by atoms with Crippen molar-refractivity contribution in [3.05, 3.63) is 247 Å². The number of hydrogen-bond donors (Lipinski definition) is 0. The first kappa shape index (κ1) is 33.5. The predicted molar refractivity (Wildman–Crippen MR) is 246 cm³/mol. The Morgan fingerprint density at radius 2 is 1.00 bits per heavy atom. The Labute approximate surface area is 342 Å². The molecular formula is C57H37NO. The van der Waals surface area contributed by atoms with Crippen molar-refractivity contribution in [2.45, 2.75) is 5.41 Å². The fraction of sp³-hybridized carbons (Fsp3) is 0.0175. The van der Waals surface area contributed by atoms with Gasteiger partial charge in [-0.3, -0.25) is 0 Å². The molecule has 0 spiro atoms. The van der Waals surface area contributed by atoms with Gasteiger partial charge in [0.1, 0.15) is 11.2 Å². The Morgan fingerprint density at radius 1 is 0.390 bits per heavy atom. The average molecular weight is 752 g/mol. The zero-order chi connectivity index (χ0) is 38.9. The highest BCUT2D eigenvalue weighted by Crippen LogP contribution is 2.60. The van der Waals surface area contributed by atoms with Crippen LogP contribution in [0.5, 0.6) is 0 Å². The van der Waals surface area contributed by atoms with Crippen molar-refractivity contribution in [1.82, 2.24) is 0 Å². The summed E-state index contributed by atoms with van der Waals surface area (Å²) in [7, 11) is 0. The van der Waals surface area contributed by atoms with E-state index in [1.165, 1.54) is 55.3 Å². The largest absolute Gasteiger partial charge is 0.455 e. The number of nitrogens with zero attached hydrogens (tertiary/aromatic N) is 1. The molecule has 12 rings (SSSR count). The molecule has 10 aromatic carbocycles. The van der Waals surface area contributed by atoms with E-state index in [1.807, 2.05) is 0 Å². The summed E-state index contributed by atoms with van der Waals surface area (Å²) in [4.78, 5) is 2.47. The molecule has 59 heavy (non-hydrogen) atoms. The Hall–Kier alpha value is -7.68. The first-order valence-electron chi connectivity index (χ1n) is 20.3. The van der Waals surface area contributed by atoms with Crippen LogP contribution in [0.4, 0.5) is 17.1 Å². The smallest absolute Gasteiger partial charge is 0.143 e. The molecule has 0 saturated heterocycles. The molecule has 11 aromatic rings. The minimum absolute atomic E-state index is 0.524. The molecule has 0 amide bonds. The third kappa shape index (κ3) is 5.00. The minimum atomic E-state index is -0.524. The maximum absolute atomic E-state index is 6.81. The Kier molecular flexibility index (Phi) is 7.48. The highest BCUT2D eigenvalue weighted by molar-refractivity contribution is 6.20. The second-order valence-electron chi connectivity index (χ2n) is 15.6. The van der Waals surface area contributed by atoms with Crippen LogP contribution in [0.1, 0.15) is 22.3 Å². The van der Waals surface area contributed by atoms with Crippen molar-refractivity contribution < 1.29 is 4.42 Å². The number of anilines is 3. The van der Waals surface area contributed by atoms with Crippen molar-refractivity contribution >= 4 is 60.5 Å². The molecule has 0 N–H and O–H groups in total. The molecule has 0 aliphatic heterocycles. The number of fused-ring (bicyclic) bond motifs is 9. The normalized spacial score (nSPS) is 12.9. The molecule has 1 aliphatic carbocycles. The van der Waals surface area contributed by atoms with Gasteiger partial charge in [0.05, 0.1) is 22.2 Å². The van der Waals surface area contributed by atoms with Crippen LogP contribution in [-0.2, 0) is 5.41 Å². The molecule has 0 bridgehead atoms. The lowest BCUT2D eigenvalue weighted by Crippen LogP contribution is -2.28. The summed E-state index contributed by atoms with van der Waals surface area (Å²) < 4.78 is 6.81. The van der Waals surface area contributed by atoms with Crippen LogP contribution < -0.4 is 4.90 Å². The topological polar surface area (TPSA) is 16.4 Å². The van der Waals surface area contributed by atoms with Crippen molar-refractivity contribution in [2.24, 2.45) is 0 Å². The second kappa shape index (κ2) is 13.2. The maximum Gasteiger partial charge on any atom is 0.143 e. The zero-order valence-corrected chi connectivity index (χ0v) is 32.2. The van der Waals surface area contributed by atoms with Crippen molar-refractivity contribution in [2.75, 3.05) is 4.90 Å². The Morgan fingerprint density at radius 3 is 1.80 bits per heavy atom. The molecule has 2 nitrogen and oxygen atoms in total. The van der Waals surface area contributed by atoms with Crippen LogP contribution >= 0.6 is 0 Å². The van der Waals surface area contributed by atoms with E-state index in [0.717, 1.165) is 49.8 Å². The fourth-order valence-electron chi connectivity index (χ4n) is 9.96. The second-order valence-corrected chi connectivity index (χ2v) is 15.6. The zero-order valence-electron chi connectivity index (χ0n) is 32.2. The van der Waals surface area contributed by atoms with Gasteiger partial charge in [-0.05, 0) is 97.6 Å². The quantitative estimate of drug-likeness (QED) is 0.168. The van der Waals surface area contributed by atoms with Crippen molar-refractivity contribution in [1.29, 1.82) is 0 Å². The molecule has 0 radical (unpaired) electrons. The Bertz CT molecular complexity index is 3340. The molecule has 1 aliphatic rings. The molecule has 0 unspecified atom stereocenters. The Balaban J connectivity index is 1.15. The third-order valence-electron chi connectivity index (χ3n) is 12.5. The molecule has 2 heteroatoms. The lowest BCUT2D eigenvalue weighted by Gasteiger charge is -2.34. The SMILES string of the molecule is c1ccc(C2(c3ccccc3)c3ccccc3-c3c(N(c4ccc(-c5ccc6ccccc6c5)cc4)c4cccc5oc6c7ccccc7ccc6c45)cccc32)cc1. The number of hydrogen-bond acceptors (Lipinski definition) is 2. The van der Waals surface area contributed by atoms with E-state index in [2.05, 4.69) is 229 Å². The van der Waals surface area contributed by atoms with Gasteiger partial charge in [-0.2, -0.15) is 0 Å². The van der Waals surface area contributed by atoms with E-state index in [0.29, 0.717) is 0 Å². The summed E-state index contributed by atoms with van der Waals surface area (Å²) in [6.45, 7) is 0.